The summed E-state index contributed by atoms with van der Waals surface area (Å²) in [5, 5.41) is 10.2. The van der Waals surface area contributed by atoms with Gasteiger partial charge in [-0.2, -0.15) is 0 Å². The minimum absolute atomic E-state index is 0.465. The summed E-state index contributed by atoms with van der Waals surface area (Å²) in [6.45, 7) is 4.14. The van der Waals surface area contributed by atoms with E-state index in [1.807, 2.05) is 12.1 Å². The van der Waals surface area contributed by atoms with E-state index < -0.39 is 6.10 Å². The molecule has 90 valence electrons. The molecule has 1 atom stereocenters. The van der Waals surface area contributed by atoms with E-state index in [9.17, 15) is 5.11 Å². The number of aryl methyl sites for hydroxylation is 2. The van der Waals surface area contributed by atoms with Crippen LogP contribution in [0.25, 0.3) is 0 Å². The van der Waals surface area contributed by atoms with Crippen LogP contribution in [0.4, 0.5) is 0 Å². The van der Waals surface area contributed by atoms with E-state index in [2.05, 4.69) is 32.0 Å². The van der Waals surface area contributed by atoms with Crippen molar-refractivity contribution in [3.8, 4) is 0 Å². The molecule has 1 aromatic heterocycles. The predicted octanol–water partition coefficient (Wildman–Crippen LogP) is 4.29. The molecular weight excluding hydrogens is 252 g/mol. The molecule has 0 bridgehead atoms. The zero-order chi connectivity index (χ0) is 12.4. The quantitative estimate of drug-likeness (QED) is 0.878. The predicted molar refractivity (Wildman–Crippen MR) is 73.9 cm³/mol. The van der Waals surface area contributed by atoms with Gasteiger partial charge in [0, 0.05) is 11.3 Å². The Balaban J connectivity index is 2.18. The van der Waals surface area contributed by atoms with Crippen molar-refractivity contribution in [2.45, 2.75) is 26.4 Å². The maximum atomic E-state index is 10.2. The number of aliphatic hydroxyl groups excluding tert-OH is 1. The molecule has 2 aromatic rings. The Morgan fingerprint density at radius 1 is 1.24 bits per heavy atom. The van der Waals surface area contributed by atoms with Crippen molar-refractivity contribution in [1.82, 2.24) is 0 Å². The Labute approximate surface area is 111 Å². The zero-order valence-corrected chi connectivity index (χ0v) is 11.5. The van der Waals surface area contributed by atoms with Gasteiger partial charge >= 0.3 is 0 Å². The number of benzene rings is 1. The summed E-state index contributed by atoms with van der Waals surface area (Å²) >= 11 is 7.31. The first-order valence-electron chi connectivity index (χ1n) is 5.55. The highest BCUT2D eigenvalue weighted by Gasteiger charge is 2.12. The van der Waals surface area contributed by atoms with E-state index in [1.54, 1.807) is 0 Å². The molecule has 1 N–H and O–H groups in total. The third-order valence-corrected chi connectivity index (χ3v) is 4.17. The van der Waals surface area contributed by atoms with E-state index in [-0.39, 0.29) is 0 Å². The molecule has 0 fully saturated rings. The van der Waals surface area contributed by atoms with Gasteiger partial charge in [0.05, 0.1) is 10.4 Å². The minimum Gasteiger partial charge on any atom is -0.387 e. The van der Waals surface area contributed by atoms with E-state index in [0.29, 0.717) is 6.42 Å². The Morgan fingerprint density at radius 2 is 2.00 bits per heavy atom. The first-order valence-corrected chi connectivity index (χ1v) is 6.75. The fraction of sp³-hybridized carbons (Fsp3) is 0.286. The molecular formula is C14H15ClOS. The smallest absolute Gasteiger partial charge is 0.0932 e. The van der Waals surface area contributed by atoms with Crippen LogP contribution in [0.5, 0.6) is 0 Å². The molecule has 1 aromatic carbocycles. The molecule has 0 aliphatic rings. The Hall–Kier alpha value is -0.830. The highest BCUT2D eigenvalue weighted by molar-refractivity contribution is 7.16. The average molecular weight is 267 g/mol. The molecule has 0 amide bonds. The van der Waals surface area contributed by atoms with Crippen LogP contribution in [-0.4, -0.2) is 5.11 Å². The lowest BCUT2D eigenvalue weighted by atomic mass is 10.00. The van der Waals surface area contributed by atoms with Gasteiger partial charge < -0.3 is 5.11 Å². The molecule has 2 rings (SSSR count). The molecule has 0 aliphatic heterocycles. The summed E-state index contributed by atoms with van der Waals surface area (Å²) in [4.78, 5) is 0.927. The van der Waals surface area contributed by atoms with Crippen molar-refractivity contribution in [2.24, 2.45) is 0 Å². The largest absolute Gasteiger partial charge is 0.387 e. The van der Waals surface area contributed by atoms with Gasteiger partial charge in [0.15, 0.2) is 0 Å². The Morgan fingerprint density at radius 3 is 2.65 bits per heavy atom. The second-order valence-corrected chi connectivity index (χ2v) is 6.04. The summed E-state index contributed by atoms with van der Waals surface area (Å²) < 4.78 is 0.722. The highest BCUT2D eigenvalue weighted by atomic mass is 35.5. The van der Waals surface area contributed by atoms with Crippen molar-refractivity contribution in [1.29, 1.82) is 0 Å². The van der Waals surface area contributed by atoms with Gasteiger partial charge in [-0.3, -0.25) is 0 Å². The van der Waals surface area contributed by atoms with Gasteiger partial charge in [-0.25, -0.2) is 0 Å². The van der Waals surface area contributed by atoms with Crippen LogP contribution < -0.4 is 0 Å². The summed E-state index contributed by atoms with van der Waals surface area (Å²) in [5.74, 6) is 0. The lowest BCUT2D eigenvalue weighted by Crippen LogP contribution is -2.01. The van der Waals surface area contributed by atoms with Crippen LogP contribution in [0.15, 0.2) is 30.3 Å². The third-order valence-electron chi connectivity index (χ3n) is 2.84. The van der Waals surface area contributed by atoms with E-state index in [4.69, 9.17) is 11.6 Å². The molecule has 0 spiro atoms. The van der Waals surface area contributed by atoms with Crippen LogP contribution in [0, 0.1) is 13.8 Å². The molecule has 0 saturated heterocycles. The van der Waals surface area contributed by atoms with E-state index >= 15 is 0 Å². The standard InChI is InChI=1S/C14H15ClOS/c1-9-3-4-10(2)11(7-9)8-12(16)13-5-6-14(15)17-13/h3-7,12,16H,8H2,1-2H3. The van der Waals surface area contributed by atoms with Gasteiger partial charge in [-0.05, 0) is 37.1 Å². The SMILES string of the molecule is Cc1ccc(C)c(CC(O)c2ccc(Cl)s2)c1. The molecule has 17 heavy (non-hydrogen) atoms. The Bertz CT molecular complexity index is 519. The summed E-state index contributed by atoms with van der Waals surface area (Å²) in [5.41, 5.74) is 3.64. The fourth-order valence-electron chi connectivity index (χ4n) is 1.84. The Kier molecular flexibility index (Phi) is 3.87. The van der Waals surface area contributed by atoms with Gasteiger partial charge in [0.2, 0.25) is 0 Å². The summed E-state index contributed by atoms with van der Waals surface area (Å²) in [6, 6.07) is 10.0. The lowest BCUT2D eigenvalue weighted by molar-refractivity contribution is 0.182. The van der Waals surface area contributed by atoms with Crippen LogP contribution in [0.2, 0.25) is 4.34 Å². The number of halogens is 1. The topological polar surface area (TPSA) is 20.2 Å². The molecule has 3 heteroatoms. The number of aliphatic hydroxyl groups is 1. The highest BCUT2D eigenvalue weighted by Crippen LogP contribution is 2.29. The maximum absolute atomic E-state index is 10.2. The van der Waals surface area contributed by atoms with Crippen molar-refractivity contribution in [3.63, 3.8) is 0 Å². The number of hydrogen-bond acceptors (Lipinski definition) is 2. The first kappa shape index (κ1) is 12.6. The molecule has 1 unspecified atom stereocenters. The third kappa shape index (κ3) is 3.09. The van der Waals surface area contributed by atoms with Gasteiger partial charge in [0.1, 0.15) is 0 Å². The normalized spacial score (nSPS) is 12.7. The fourth-order valence-corrected chi connectivity index (χ4v) is 2.88. The number of thiophene rings is 1. The first-order chi connectivity index (χ1) is 8.06. The summed E-state index contributed by atoms with van der Waals surface area (Å²) in [7, 11) is 0. The van der Waals surface area contributed by atoms with E-state index in [1.165, 1.54) is 28.0 Å². The molecule has 0 radical (unpaired) electrons. The molecule has 1 nitrogen and oxygen atoms in total. The molecule has 1 heterocycles. The number of hydrogen-bond donors (Lipinski definition) is 1. The van der Waals surface area contributed by atoms with Crippen LogP contribution in [-0.2, 0) is 6.42 Å². The van der Waals surface area contributed by atoms with Crippen LogP contribution in [0.1, 0.15) is 27.7 Å². The van der Waals surface area contributed by atoms with Gasteiger partial charge in [-0.1, -0.05) is 35.4 Å². The van der Waals surface area contributed by atoms with Crippen molar-refractivity contribution >= 4 is 22.9 Å². The molecule has 0 aliphatic carbocycles. The monoisotopic (exact) mass is 266 g/mol. The second kappa shape index (κ2) is 5.21. The average Bonchev–Trinajstić information content (AvgIpc) is 2.70. The van der Waals surface area contributed by atoms with Gasteiger partial charge in [0.25, 0.3) is 0 Å². The second-order valence-electron chi connectivity index (χ2n) is 4.29. The zero-order valence-electron chi connectivity index (χ0n) is 9.90. The van der Waals surface area contributed by atoms with Crippen molar-refractivity contribution in [2.75, 3.05) is 0 Å². The van der Waals surface area contributed by atoms with Crippen LogP contribution in [0.3, 0.4) is 0 Å². The van der Waals surface area contributed by atoms with Gasteiger partial charge in [-0.15, -0.1) is 11.3 Å². The number of rotatable bonds is 3. The van der Waals surface area contributed by atoms with Crippen molar-refractivity contribution in [3.05, 3.63) is 56.2 Å². The van der Waals surface area contributed by atoms with E-state index in [0.717, 1.165) is 9.21 Å². The van der Waals surface area contributed by atoms with Crippen molar-refractivity contribution < 1.29 is 5.11 Å². The lowest BCUT2D eigenvalue weighted by Gasteiger charge is -2.11. The molecule has 0 saturated carbocycles. The summed E-state index contributed by atoms with van der Waals surface area (Å²) in [6.07, 6.45) is 0.178. The minimum atomic E-state index is -0.465. The van der Waals surface area contributed by atoms with Crippen LogP contribution >= 0.6 is 22.9 Å². The maximum Gasteiger partial charge on any atom is 0.0932 e.